The number of amidine groups is 1. The number of rotatable bonds is 5. The largest absolute Gasteiger partial charge is 0.489 e. The van der Waals surface area contributed by atoms with Crippen LogP contribution in [0.25, 0.3) is 0 Å². The number of hydrogen-bond acceptors (Lipinski definition) is 4. The molecule has 2 rings (SSSR count). The fourth-order valence-corrected chi connectivity index (χ4v) is 1.87. The van der Waals surface area contributed by atoms with Crippen LogP contribution in [0.2, 0.25) is 0 Å². The molecule has 0 aromatic heterocycles. The lowest BCUT2D eigenvalue weighted by Gasteiger charge is -2.10. The number of nitro benzene ring substituents is 1. The molecule has 0 aliphatic carbocycles. The van der Waals surface area contributed by atoms with Gasteiger partial charge in [-0.1, -0.05) is 18.2 Å². The maximum Gasteiger partial charge on any atom is 0.273 e. The standard InChI is InChI=1S/C15H15N3O3/c1-10-7-11(15(16)17)5-6-12(10)9-21-14-4-2-3-13(8-14)18(19)20/h2-8H,9H2,1H3,(H3,16,17). The van der Waals surface area contributed by atoms with Crippen molar-refractivity contribution >= 4 is 11.5 Å². The molecule has 0 saturated carbocycles. The second-order valence-electron chi connectivity index (χ2n) is 4.60. The normalized spacial score (nSPS) is 10.1. The fraction of sp³-hybridized carbons (Fsp3) is 0.133. The zero-order chi connectivity index (χ0) is 15.4. The van der Waals surface area contributed by atoms with Crippen molar-refractivity contribution in [1.29, 1.82) is 5.41 Å². The number of nitrogen functional groups attached to an aromatic ring is 1. The molecule has 108 valence electrons. The number of non-ortho nitro benzene ring substituents is 1. The summed E-state index contributed by atoms with van der Waals surface area (Å²) in [4.78, 5) is 10.2. The van der Waals surface area contributed by atoms with Crippen molar-refractivity contribution in [2.45, 2.75) is 13.5 Å². The summed E-state index contributed by atoms with van der Waals surface area (Å²) in [6, 6.07) is 11.5. The third-order valence-corrected chi connectivity index (χ3v) is 3.08. The predicted molar refractivity (Wildman–Crippen MR) is 79.6 cm³/mol. The highest BCUT2D eigenvalue weighted by molar-refractivity contribution is 5.95. The summed E-state index contributed by atoms with van der Waals surface area (Å²) in [6.07, 6.45) is 0. The van der Waals surface area contributed by atoms with Gasteiger partial charge in [-0.2, -0.15) is 0 Å². The minimum atomic E-state index is -0.459. The van der Waals surface area contributed by atoms with Gasteiger partial charge in [0, 0.05) is 11.6 Å². The van der Waals surface area contributed by atoms with E-state index in [1.165, 1.54) is 12.1 Å². The van der Waals surface area contributed by atoms with Crippen molar-refractivity contribution in [2.75, 3.05) is 0 Å². The van der Waals surface area contributed by atoms with Crippen molar-refractivity contribution in [1.82, 2.24) is 0 Å². The summed E-state index contributed by atoms with van der Waals surface area (Å²) in [5, 5.41) is 18.1. The Labute approximate surface area is 121 Å². The second kappa shape index (κ2) is 6.04. The van der Waals surface area contributed by atoms with Crippen molar-refractivity contribution in [3.63, 3.8) is 0 Å². The highest BCUT2D eigenvalue weighted by Crippen LogP contribution is 2.21. The van der Waals surface area contributed by atoms with E-state index in [9.17, 15) is 10.1 Å². The Kier molecular flexibility index (Phi) is 4.18. The molecular weight excluding hydrogens is 270 g/mol. The summed E-state index contributed by atoms with van der Waals surface area (Å²) < 4.78 is 5.57. The lowest BCUT2D eigenvalue weighted by Crippen LogP contribution is -2.11. The molecule has 2 aromatic carbocycles. The summed E-state index contributed by atoms with van der Waals surface area (Å²) >= 11 is 0. The van der Waals surface area contributed by atoms with Gasteiger partial charge in [-0.15, -0.1) is 0 Å². The molecule has 0 fully saturated rings. The van der Waals surface area contributed by atoms with E-state index in [0.29, 0.717) is 17.9 Å². The summed E-state index contributed by atoms with van der Waals surface area (Å²) in [7, 11) is 0. The van der Waals surface area contributed by atoms with Crippen LogP contribution >= 0.6 is 0 Å². The predicted octanol–water partition coefficient (Wildman–Crippen LogP) is 2.77. The number of benzene rings is 2. The van der Waals surface area contributed by atoms with Crippen molar-refractivity contribution in [3.8, 4) is 5.75 Å². The average molecular weight is 285 g/mol. The fourth-order valence-electron chi connectivity index (χ4n) is 1.87. The third-order valence-electron chi connectivity index (χ3n) is 3.08. The lowest BCUT2D eigenvalue weighted by molar-refractivity contribution is -0.384. The van der Waals surface area contributed by atoms with Gasteiger partial charge in [-0.05, 0) is 30.2 Å². The zero-order valence-corrected chi connectivity index (χ0v) is 11.5. The van der Waals surface area contributed by atoms with Crippen molar-refractivity contribution < 1.29 is 9.66 Å². The Morgan fingerprint density at radius 2 is 2.10 bits per heavy atom. The van der Waals surface area contributed by atoms with Crippen molar-refractivity contribution in [3.05, 3.63) is 69.3 Å². The number of aryl methyl sites for hydroxylation is 1. The monoisotopic (exact) mass is 285 g/mol. The van der Waals surface area contributed by atoms with Crippen LogP contribution in [-0.4, -0.2) is 10.8 Å². The van der Waals surface area contributed by atoms with Crippen LogP contribution in [0.4, 0.5) is 5.69 Å². The van der Waals surface area contributed by atoms with Gasteiger partial charge < -0.3 is 10.5 Å². The molecule has 21 heavy (non-hydrogen) atoms. The van der Waals surface area contributed by atoms with Crippen LogP contribution in [0.3, 0.4) is 0 Å². The third kappa shape index (κ3) is 3.56. The topological polar surface area (TPSA) is 102 Å². The first-order chi connectivity index (χ1) is 9.97. The van der Waals surface area contributed by atoms with E-state index in [4.69, 9.17) is 15.9 Å². The van der Waals surface area contributed by atoms with Crippen LogP contribution in [0.5, 0.6) is 5.75 Å². The van der Waals surface area contributed by atoms with E-state index < -0.39 is 4.92 Å². The van der Waals surface area contributed by atoms with E-state index in [2.05, 4.69) is 0 Å². The Hall–Kier alpha value is -2.89. The molecule has 6 heteroatoms. The summed E-state index contributed by atoms with van der Waals surface area (Å²) in [5.41, 5.74) is 7.97. The van der Waals surface area contributed by atoms with E-state index >= 15 is 0 Å². The molecule has 0 bridgehead atoms. The molecule has 0 heterocycles. The lowest BCUT2D eigenvalue weighted by atomic mass is 10.1. The Morgan fingerprint density at radius 3 is 2.71 bits per heavy atom. The number of nitro groups is 1. The molecule has 0 saturated heterocycles. The summed E-state index contributed by atoms with van der Waals surface area (Å²) in [5.74, 6) is 0.462. The first-order valence-electron chi connectivity index (χ1n) is 6.28. The number of nitrogens with one attached hydrogen (secondary N) is 1. The molecule has 2 aromatic rings. The molecule has 3 N–H and O–H groups in total. The van der Waals surface area contributed by atoms with Gasteiger partial charge in [-0.25, -0.2) is 0 Å². The van der Waals surface area contributed by atoms with Gasteiger partial charge in [0.05, 0.1) is 11.0 Å². The molecule has 0 spiro atoms. The molecule has 0 amide bonds. The van der Waals surface area contributed by atoms with Gasteiger partial charge in [0.2, 0.25) is 0 Å². The summed E-state index contributed by atoms with van der Waals surface area (Å²) in [6.45, 7) is 2.20. The van der Waals surface area contributed by atoms with Gasteiger partial charge in [-0.3, -0.25) is 15.5 Å². The molecule has 0 aliphatic heterocycles. The SMILES string of the molecule is Cc1cc(C(=N)N)ccc1COc1cccc([N+](=O)[O-])c1. The molecule has 0 aliphatic rings. The van der Waals surface area contributed by atoms with E-state index in [0.717, 1.165) is 11.1 Å². The van der Waals surface area contributed by atoms with Gasteiger partial charge >= 0.3 is 0 Å². The highest BCUT2D eigenvalue weighted by atomic mass is 16.6. The molecule has 6 nitrogen and oxygen atoms in total. The number of ether oxygens (including phenoxy) is 1. The maximum absolute atomic E-state index is 10.7. The van der Waals surface area contributed by atoms with Crippen LogP contribution in [0.1, 0.15) is 16.7 Å². The molecule has 0 atom stereocenters. The number of hydrogen-bond donors (Lipinski definition) is 2. The maximum atomic E-state index is 10.7. The van der Waals surface area contributed by atoms with Crippen LogP contribution in [0, 0.1) is 22.4 Å². The average Bonchev–Trinajstić information content (AvgIpc) is 2.46. The Balaban J connectivity index is 2.11. The highest BCUT2D eigenvalue weighted by Gasteiger charge is 2.07. The number of nitrogens with zero attached hydrogens (tertiary/aromatic N) is 1. The van der Waals surface area contributed by atoms with E-state index in [-0.39, 0.29) is 11.5 Å². The first kappa shape index (κ1) is 14.5. The zero-order valence-electron chi connectivity index (χ0n) is 11.5. The number of nitrogens with two attached hydrogens (primary N) is 1. The minimum absolute atomic E-state index is 0.00357. The van der Waals surface area contributed by atoms with Gasteiger partial charge in [0.25, 0.3) is 5.69 Å². The second-order valence-corrected chi connectivity index (χ2v) is 4.60. The van der Waals surface area contributed by atoms with Crippen LogP contribution in [0.15, 0.2) is 42.5 Å². The Morgan fingerprint density at radius 1 is 1.33 bits per heavy atom. The molecule has 0 radical (unpaired) electrons. The molecular formula is C15H15N3O3. The van der Waals surface area contributed by atoms with Gasteiger partial charge in [0.15, 0.2) is 0 Å². The van der Waals surface area contributed by atoms with Crippen LogP contribution < -0.4 is 10.5 Å². The van der Waals surface area contributed by atoms with E-state index in [1.54, 1.807) is 18.2 Å². The minimum Gasteiger partial charge on any atom is -0.489 e. The first-order valence-corrected chi connectivity index (χ1v) is 6.28. The smallest absolute Gasteiger partial charge is 0.273 e. The van der Waals surface area contributed by atoms with Crippen LogP contribution in [-0.2, 0) is 6.61 Å². The Bertz CT molecular complexity index is 698. The quantitative estimate of drug-likeness (QED) is 0.381. The van der Waals surface area contributed by atoms with Gasteiger partial charge in [0.1, 0.15) is 18.2 Å². The molecule has 0 unspecified atom stereocenters. The van der Waals surface area contributed by atoms with Crippen molar-refractivity contribution in [2.24, 2.45) is 5.73 Å². The van der Waals surface area contributed by atoms with E-state index in [1.807, 2.05) is 19.1 Å².